The van der Waals surface area contributed by atoms with Crippen molar-refractivity contribution >= 4 is 5.91 Å². The number of likely N-dealkylation sites (tertiary alicyclic amines) is 2. The third-order valence-electron chi connectivity index (χ3n) is 3.43. The zero-order valence-corrected chi connectivity index (χ0v) is 9.35. The number of rotatable bonds is 2. The van der Waals surface area contributed by atoms with E-state index in [2.05, 4.69) is 6.92 Å². The van der Waals surface area contributed by atoms with Crippen molar-refractivity contribution in [3.63, 3.8) is 0 Å². The van der Waals surface area contributed by atoms with Gasteiger partial charge in [0.05, 0.1) is 12.6 Å². The molecule has 2 rings (SSSR count). The number of hydrogen-bond donors (Lipinski definition) is 1. The topological polar surface area (TPSA) is 43.8 Å². The van der Waals surface area contributed by atoms with Crippen molar-refractivity contribution < 1.29 is 9.90 Å². The van der Waals surface area contributed by atoms with Gasteiger partial charge < -0.3 is 10.0 Å². The Balaban J connectivity index is 1.71. The zero-order valence-electron chi connectivity index (χ0n) is 9.35. The van der Waals surface area contributed by atoms with Crippen LogP contribution >= 0.6 is 0 Å². The summed E-state index contributed by atoms with van der Waals surface area (Å²) in [5.74, 6) is 0.994. The van der Waals surface area contributed by atoms with Gasteiger partial charge in [-0.1, -0.05) is 6.92 Å². The standard InChI is InChI=1S/C11H20N2O2/c1-9-2-4-13(5-3-9)11(15)8-12-6-10(14)7-12/h9-10,14H,2-8H2,1H3. The zero-order chi connectivity index (χ0) is 10.8. The lowest BCUT2D eigenvalue weighted by Gasteiger charge is -2.38. The molecule has 0 radical (unpaired) electrons. The summed E-state index contributed by atoms with van der Waals surface area (Å²) in [5.41, 5.74) is 0. The Morgan fingerprint density at radius 2 is 1.93 bits per heavy atom. The predicted octanol–water partition coefficient (Wildman–Crippen LogP) is -0.0786. The van der Waals surface area contributed by atoms with Crippen molar-refractivity contribution in [3.05, 3.63) is 0 Å². The molecule has 4 nitrogen and oxygen atoms in total. The second kappa shape index (κ2) is 4.49. The molecule has 0 unspecified atom stereocenters. The summed E-state index contributed by atoms with van der Waals surface area (Å²) in [6.07, 6.45) is 2.06. The van der Waals surface area contributed by atoms with Crippen LogP contribution in [0.15, 0.2) is 0 Å². The molecule has 86 valence electrons. The van der Waals surface area contributed by atoms with Gasteiger partial charge >= 0.3 is 0 Å². The third kappa shape index (κ3) is 2.69. The number of carbonyl (C=O) groups excluding carboxylic acids is 1. The van der Waals surface area contributed by atoms with Gasteiger partial charge in [0.2, 0.25) is 5.91 Å². The summed E-state index contributed by atoms with van der Waals surface area (Å²) < 4.78 is 0. The second-order valence-corrected chi connectivity index (χ2v) is 4.91. The van der Waals surface area contributed by atoms with Crippen LogP contribution in [0.3, 0.4) is 0 Å². The van der Waals surface area contributed by atoms with Gasteiger partial charge in [0.15, 0.2) is 0 Å². The van der Waals surface area contributed by atoms with E-state index in [1.54, 1.807) is 0 Å². The largest absolute Gasteiger partial charge is 0.390 e. The van der Waals surface area contributed by atoms with Gasteiger partial charge in [-0.2, -0.15) is 0 Å². The van der Waals surface area contributed by atoms with E-state index in [0.29, 0.717) is 19.6 Å². The Hall–Kier alpha value is -0.610. The van der Waals surface area contributed by atoms with Crippen LogP contribution in [-0.2, 0) is 4.79 Å². The van der Waals surface area contributed by atoms with E-state index >= 15 is 0 Å². The minimum absolute atomic E-state index is 0.209. The molecule has 0 aromatic rings. The monoisotopic (exact) mass is 212 g/mol. The Labute approximate surface area is 90.9 Å². The van der Waals surface area contributed by atoms with Crippen molar-refractivity contribution in [2.45, 2.75) is 25.9 Å². The van der Waals surface area contributed by atoms with Crippen molar-refractivity contribution in [2.24, 2.45) is 5.92 Å². The van der Waals surface area contributed by atoms with Crippen molar-refractivity contribution in [2.75, 3.05) is 32.7 Å². The molecule has 2 aliphatic rings. The Kier molecular flexibility index (Phi) is 3.26. The average Bonchev–Trinajstić information content (AvgIpc) is 2.16. The van der Waals surface area contributed by atoms with Crippen LogP contribution in [0.4, 0.5) is 0 Å². The molecule has 0 aromatic carbocycles. The molecule has 0 aliphatic carbocycles. The van der Waals surface area contributed by atoms with E-state index in [9.17, 15) is 4.79 Å². The molecule has 1 N–H and O–H groups in total. The minimum atomic E-state index is -0.209. The first-order valence-corrected chi connectivity index (χ1v) is 5.83. The van der Waals surface area contributed by atoms with Gasteiger partial charge in [0.25, 0.3) is 0 Å². The van der Waals surface area contributed by atoms with E-state index in [4.69, 9.17) is 5.11 Å². The number of β-amino-alcohol motifs (C(OH)–C–C–N with tert-alkyl or cyclic N) is 1. The molecular formula is C11H20N2O2. The molecule has 2 saturated heterocycles. The predicted molar refractivity (Wildman–Crippen MR) is 57.4 cm³/mol. The lowest BCUT2D eigenvalue weighted by Crippen LogP contribution is -2.55. The highest BCUT2D eigenvalue weighted by Crippen LogP contribution is 2.16. The number of amides is 1. The average molecular weight is 212 g/mol. The normalized spacial score (nSPS) is 25.3. The molecule has 2 aliphatic heterocycles. The number of hydrogen-bond acceptors (Lipinski definition) is 3. The maximum atomic E-state index is 11.8. The van der Waals surface area contributed by atoms with Crippen LogP contribution in [0.5, 0.6) is 0 Å². The summed E-state index contributed by atoms with van der Waals surface area (Å²) in [5, 5.41) is 9.11. The third-order valence-corrected chi connectivity index (χ3v) is 3.43. The number of aliphatic hydroxyl groups excluding tert-OH is 1. The van der Waals surface area contributed by atoms with E-state index < -0.39 is 0 Å². The van der Waals surface area contributed by atoms with Crippen LogP contribution in [0, 0.1) is 5.92 Å². The fraction of sp³-hybridized carbons (Fsp3) is 0.909. The van der Waals surface area contributed by atoms with Crippen LogP contribution in [0.1, 0.15) is 19.8 Å². The van der Waals surface area contributed by atoms with Gasteiger partial charge in [0, 0.05) is 26.2 Å². The van der Waals surface area contributed by atoms with Gasteiger partial charge in [-0.05, 0) is 18.8 Å². The summed E-state index contributed by atoms with van der Waals surface area (Å²) >= 11 is 0. The second-order valence-electron chi connectivity index (χ2n) is 4.91. The first-order chi connectivity index (χ1) is 7.15. The summed E-state index contributed by atoms with van der Waals surface area (Å²) in [4.78, 5) is 15.8. The van der Waals surface area contributed by atoms with E-state index in [0.717, 1.165) is 31.8 Å². The maximum Gasteiger partial charge on any atom is 0.236 e. The Morgan fingerprint density at radius 3 is 2.47 bits per heavy atom. The van der Waals surface area contributed by atoms with Crippen molar-refractivity contribution in [1.29, 1.82) is 0 Å². The molecule has 2 heterocycles. The first kappa shape index (κ1) is 10.9. The lowest BCUT2D eigenvalue weighted by molar-refractivity contribution is -0.136. The smallest absolute Gasteiger partial charge is 0.236 e. The summed E-state index contributed by atoms with van der Waals surface area (Å²) in [7, 11) is 0. The van der Waals surface area contributed by atoms with E-state index in [1.165, 1.54) is 0 Å². The van der Waals surface area contributed by atoms with Crippen LogP contribution in [0.25, 0.3) is 0 Å². The fourth-order valence-electron chi connectivity index (χ4n) is 2.22. The quantitative estimate of drug-likeness (QED) is 0.696. The molecule has 1 amide bonds. The first-order valence-electron chi connectivity index (χ1n) is 5.83. The molecule has 4 heteroatoms. The van der Waals surface area contributed by atoms with Crippen LogP contribution in [-0.4, -0.2) is 59.6 Å². The molecule has 0 atom stereocenters. The fourth-order valence-corrected chi connectivity index (χ4v) is 2.22. The Morgan fingerprint density at radius 1 is 1.33 bits per heavy atom. The highest BCUT2D eigenvalue weighted by Gasteiger charge is 2.28. The van der Waals surface area contributed by atoms with Crippen LogP contribution < -0.4 is 0 Å². The maximum absolute atomic E-state index is 11.8. The number of aliphatic hydroxyl groups is 1. The highest BCUT2D eigenvalue weighted by atomic mass is 16.3. The van der Waals surface area contributed by atoms with Gasteiger partial charge in [-0.15, -0.1) is 0 Å². The molecule has 0 bridgehead atoms. The van der Waals surface area contributed by atoms with Gasteiger partial charge in [-0.3, -0.25) is 9.69 Å². The van der Waals surface area contributed by atoms with Crippen LogP contribution in [0.2, 0.25) is 0 Å². The molecule has 0 saturated carbocycles. The molecule has 0 spiro atoms. The van der Waals surface area contributed by atoms with Gasteiger partial charge in [0.1, 0.15) is 0 Å². The van der Waals surface area contributed by atoms with E-state index in [-0.39, 0.29) is 12.0 Å². The lowest BCUT2D eigenvalue weighted by atomic mass is 9.99. The highest BCUT2D eigenvalue weighted by molar-refractivity contribution is 5.78. The summed E-state index contributed by atoms with van der Waals surface area (Å²) in [6.45, 7) is 5.89. The molecular weight excluding hydrogens is 192 g/mol. The number of carbonyl (C=O) groups is 1. The molecule has 15 heavy (non-hydrogen) atoms. The number of piperidine rings is 1. The van der Waals surface area contributed by atoms with E-state index in [1.807, 2.05) is 9.80 Å². The number of nitrogens with zero attached hydrogens (tertiary/aromatic N) is 2. The van der Waals surface area contributed by atoms with Gasteiger partial charge in [-0.25, -0.2) is 0 Å². The molecule has 0 aromatic heterocycles. The SMILES string of the molecule is CC1CCN(C(=O)CN2CC(O)C2)CC1. The van der Waals surface area contributed by atoms with Crippen molar-refractivity contribution in [3.8, 4) is 0 Å². The minimum Gasteiger partial charge on any atom is -0.390 e. The Bertz CT molecular complexity index is 231. The van der Waals surface area contributed by atoms with Crippen molar-refractivity contribution in [1.82, 2.24) is 9.80 Å². The summed E-state index contributed by atoms with van der Waals surface area (Å²) in [6, 6.07) is 0. The molecule has 2 fully saturated rings.